The molecule has 68 valence electrons. The van der Waals surface area contributed by atoms with Gasteiger partial charge in [0.1, 0.15) is 0 Å². The molecule has 0 aromatic carbocycles. The Kier molecular flexibility index (Phi) is 6.51. The molecule has 0 radical (unpaired) electrons. The van der Waals surface area contributed by atoms with E-state index in [4.69, 9.17) is 15.3 Å². The minimum Gasteiger partial charge on any atom is -0.396 e. The van der Waals surface area contributed by atoms with E-state index in [2.05, 4.69) is 0 Å². The number of aliphatic hydroxyl groups excluding tert-OH is 3. The van der Waals surface area contributed by atoms with Crippen LogP contribution in [0, 0.1) is 11.8 Å². The second kappa shape index (κ2) is 6.58. The first-order valence-electron chi connectivity index (χ1n) is 4.08. The molecule has 11 heavy (non-hydrogen) atoms. The van der Waals surface area contributed by atoms with Crippen LogP contribution in [0.15, 0.2) is 0 Å². The van der Waals surface area contributed by atoms with Crippen LogP contribution in [0.1, 0.15) is 19.8 Å². The van der Waals surface area contributed by atoms with Gasteiger partial charge in [-0.05, 0) is 24.7 Å². The van der Waals surface area contributed by atoms with Crippen molar-refractivity contribution < 1.29 is 15.3 Å². The second-order valence-electron chi connectivity index (χ2n) is 2.94. The van der Waals surface area contributed by atoms with E-state index in [-0.39, 0.29) is 31.7 Å². The van der Waals surface area contributed by atoms with E-state index < -0.39 is 0 Å². The molecule has 2 unspecified atom stereocenters. The normalized spacial score (nSPS) is 16.4. The minimum atomic E-state index is 0.0989. The summed E-state index contributed by atoms with van der Waals surface area (Å²) < 4.78 is 0. The zero-order chi connectivity index (χ0) is 8.69. The van der Waals surface area contributed by atoms with Crippen LogP contribution < -0.4 is 0 Å². The van der Waals surface area contributed by atoms with Gasteiger partial charge in [0.25, 0.3) is 0 Å². The molecule has 2 atom stereocenters. The van der Waals surface area contributed by atoms with E-state index in [9.17, 15) is 0 Å². The first-order chi connectivity index (χ1) is 5.26. The highest BCUT2D eigenvalue weighted by molar-refractivity contribution is 4.64. The molecular weight excluding hydrogens is 144 g/mol. The molecule has 0 heterocycles. The van der Waals surface area contributed by atoms with Crippen LogP contribution in [0.2, 0.25) is 0 Å². The van der Waals surface area contributed by atoms with Gasteiger partial charge in [-0.25, -0.2) is 0 Å². The van der Waals surface area contributed by atoms with Crippen LogP contribution >= 0.6 is 0 Å². The van der Waals surface area contributed by atoms with Crippen molar-refractivity contribution in [3.05, 3.63) is 0 Å². The van der Waals surface area contributed by atoms with Gasteiger partial charge in [0.15, 0.2) is 0 Å². The summed E-state index contributed by atoms with van der Waals surface area (Å²) in [6.45, 7) is 2.35. The summed E-state index contributed by atoms with van der Waals surface area (Å²) in [5.74, 6) is 0.421. The van der Waals surface area contributed by atoms with Crippen molar-refractivity contribution in [1.29, 1.82) is 0 Å². The van der Waals surface area contributed by atoms with Gasteiger partial charge in [-0.15, -0.1) is 0 Å². The standard InChI is InChI=1S/C8H18O3/c1-7(2-4-9)8(6-11)3-5-10/h7-11H,2-6H2,1H3. The van der Waals surface area contributed by atoms with Gasteiger partial charge in [0.05, 0.1) is 0 Å². The molecule has 0 rings (SSSR count). The summed E-state index contributed by atoms with van der Waals surface area (Å²) in [6.07, 6.45) is 1.32. The third kappa shape index (κ3) is 4.35. The summed E-state index contributed by atoms with van der Waals surface area (Å²) in [7, 11) is 0. The molecule has 0 aromatic rings. The smallest absolute Gasteiger partial charge is 0.0462 e. The summed E-state index contributed by atoms with van der Waals surface area (Å²) in [4.78, 5) is 0. The molecule has 3 nitrogen and oxygen atoms in total. The molecular formula is C8H18O3. The first-order valence-corrected chi connectivity index (χ1v) is 4.08. The molecule has 0 saturated heterocycles. The Morgan fingerprint density at radius 1 is 1.00 bits per heavy atom. The molecule has 3 N–H and O–H groups in total. The molecule has 0 amide bonds. The van der Waals surface area contributed by atoms with E-state index >= 15 is 0 Å². The highest BCUT2D eigenvalue weighted by Gasteiger charge is 2.14. The van der Waals surface area contributed by atoms with Crippen LogP contribution in [0.25, 0.3) is 0 Å². The molecule has 0 aromatic heterocycles. The maximum atomic E-state index is 8.86. The lowest BCUT2D eigenvalue weighted by Crippen LogP contribution is -2.18. The van der Waals surface area contributed by atoms with Crippen molar-refractivity contribution >= 4 is 0 Å². The summed E-state index contributed by atoms with van der Waals surface area (Å²) in [5.41, 5.74) is 0. The van der Waals surface area contributed by atoms with Gasteiger partial charge in [0.2, 0.25) is 0 Å². The Morgan fingerprint density at radius 2 is 1.55 bits per heavy atom. The van der Waals surface area contributed by atoms with Crippen molar-refractivity contribution in [2.24, 2.45) is 11.8 Å². The monoisotopic (exact) mass is 162 g/mol. The fraction of sp³-hybridized carbons (Fsp3) is 1.00. The van der Waals surface area contributed by atoms with Crippen molar-refractivity contribution in [1.82, 2.24) is 0 Å². The van der Waals surface area contributed by atoms with Gasteiger partial charge in [0, 0.05) is 19.8 Å². The van der Waals surface area contributed by atoms with E-state index in [1.54, 1.807) is 0 Å². The molecule has 0 saturated carbocycles. The highest BCUT2D eigenvalue weighted by atomic mass is 16.3. The Bertz CT molecular complexity index is 85.4. The SMILES string of the molecule is CC(CCO)C(CO)CCO. The topological polar surface area (TPSA) is 60.7 Å². The maximum absolute atomic E-state index is 8.86. The quantitative estimate of drug-likeness (QED) is 0.515. The molecule has 0 spiro atoms. The second-order valence-corrected chi connectivity index (χ2v) is 2.94. The number of rotatable bonds is 6. The van der Waals surface area contributed by atoms with Crippen molar-refractivity contribution in [3.8, 4) is 0 Å². The van der Waals surface area contributed by atoms with E-state index in [1.807, 2.05) is 6.92 Å². The summed E-state index contributed by atoms with van der Waals surface area (Å²) in [6, 6.07) is 0. The van der Waals surface area contributed by atoms with Crippen LogP contribution in [0.3, 0.4) is 0 Å². The predicted molar refractivity (Wildman–Crippen MR) is 43.1 cm³/mol. The van der Waals surface area contributed by atoms with Gasteiger partial charge < -0.3 is 15.3 Å². The molecule has 0 fully saturated rings. The van der Waals surface area contributed by atoms with Crippen molar-refractivity contribution in [3.63, 3.8) is 0 Å². The van der Waals surface area contributed by atoms with Gasteiger partial charge >= 0.3 is 0 Å². The van der Waals surface area contributed by atoms with E-state index in [1.165, 1.54) is 0 Å². The Labute approximate surface area is 67.7 Å². The molecule has 0 aliphatic rings. The largest absolute Gasteiger partial charge is 0.396 e. The number of aliphatic hydroxyl groups is 3. The molecule has 0 bridgehead atoms. The van der Waals surface area contributed by atoms with Crippen molar-refractivity contribution in [2.45, 2.75) is 19.8 Å². The van der Waals surface area contributed by atoms with Crippen LogP contribution in [0.4, 0.5) is 0 Å². The zero-order valence-electron chi connectivity index (χ0n) is 7.03. The Hall–Kier alpha value is -0.120. The molecule has 0 aliphatic carbocycles. The average molecular weight is 162 g/mol. The lowest BCUT2D eigenvalue weighted by molar-refractivity contribution is 0.129. The van der Waals surface area contributed by atoms with E-state index in [0.717, 1.165) is 0 Å². The number of hydrogen-bond donors (Lipinski definition) is 3. The van der Waals surface area contributed by atoms with Crippen LogP contribution in [-0.2, 0) is 0 Å². The Morgan fingerprint density at radius 3 is 1.91 bits per heavy atom. The lowest BCUT2D eigenvalue weighted by Gasteiger charge is -2.19. The van der Waals surface area contributed by atoms with Crippen LogP contribution in [0.5, 0.6) is 0 Å². The number of hydrogen-bond acceptors (Lipinski definition) is 3. The third-order valence-electron chi connectivity index (χ3n) is 2.12. The van der Waals surface area contributed by atoms with E-state index in [0.29, 0.717) is 12.8 Å². The van der Waals surface area contributed by atoms with Crippen LogP contribution in [-0.4, -0.2) is 35.1 Å². The van der Waals surface area contributed by atoms with Gasteiger partial charge in [-0.1, -0.05) is 6.92 Å². The van der Waals surface area contributed by atoms with Gasteiger partial charge in [-0.3, -0.25) is 0 Å². The van der Waals surface area contributed by atoms with Gasteiger partial charge in [-0.2, -0.15) is 0 Å². The summed E-state index contributed by atoms with van der Waals surface area (Å²) >= 11 is 0. The first kappa shape index (κ1) is 10.9. The molecule has 0 aliphatic heterocycles. The highest BCUT2D eigenvalue weighted by Crippen LogP contribution is 2.17. The average Bonchev–Trinajstić information content (AvgIpc) is 2.00. The predicted octanol–water partition coefficient (Wildman–Crippen LogP) is -0.00420. The minimum absolute atomic E-state index is 0.0989. The lowest BCUT2D eigenvalue weighted by atomic mass is 9.90. The zero-order valence-corrected chi connectivity index (χ0v) is 7.03. The fourth-order valence-corrected chi connectivity index (χ4v) is 1.16. The maximum Gasteiger partial charge on any atom is 0.0462 e. The summed E-state index contributed by atoms with van der Waals surface area (Å²) in [5, 5.41) is 26.1. The fourth-order valence-electron chi connectivity index (χ4n) is 1.16. The Balaban J connectivity index is 3.61. The molecule has 3 heteroatoms. The van der Waals surface area contributed by atoms with Crippen molar-refractivity contribution in [2.75, 3.05) is 19.8 Å². The third-order valence-corrected chi connectivity index (χ3v) is 2.12.